The molecule has 5 atom stereocenters. The van der Waals surface area contributed by atoms with Gasteiger partial charge in [0.1, 0.15) is 35.7 Å². The molecule has 58 heavy (non-hydrogen) atoms. The predicted molar refractivity (Wildman–Crippen MR) is 200 cm³/mol. The van der Waals surface area contributed by atoms with E-state index in [4.69, 9.17) is 35.9 Å². The number of rotatable bonds is 15. The van der Waals surface area contributed by atoms with E-state index in [9.17, 15) is 41.2 Å². The lowest BCUT2D eigenvalue weighted by Crippen LogP contribution is -2.57. The summed E-state index contributed by atoms with van der Waals surface area (Å²) in [5.74, 6) is -1.23. The molecule has 3 heterocycles. The molecule has 2 saturated carbocycles. The van der Waals surface area contributed by atoms with Crippen LogP contribution in [0, 0.1) is 0 Å². The number of aromatic nitrogens is 4. The van der Waals surface area contributed by atoms with Crippen LogP contribution in [0.1, 0.15) is 56.4 Å². The summed E-state index contributed by atoms with van der Waals surface area (Å²) in [6.07, 6.45) is -5.18. The molecule has 3 aliphatic rings. The number of alkyl halides is 3. The minimum atomic E-state index is -4.70. The second kappa shape index (κ2) is 15.5. The van der Waals surface area contributed by atoms with Crippen molar-refractivity contribution in [2.45, 2.75) is 87.4 Å². The summed E-state index contributed by atoms with van der Waals surface area (Å²) in [5, 5.41) is 27.3. The fourth-order valence-corrected chi connectivity index (χ4v) is 9.15. The molecule has 7 rings (SSSR count). The first kappa shape index (κ1) is 42.0. The number of halogens is 4. The molecule has 0 radical (unpaired) electrons. The van der Waals surface area contributed by atoms with E-state index in [0.29, 0.717) is 24.3 Å². The van der Waals surface area contributed by atoms with Crippen LogP contribution in [0.25, 0.3) is 11.2 Å². The zero-order valence-corrected chi connectivity index (χ0v) is 33.3. The second-order valence-electron chi connectivity index (χ2n) is 14.5. The van der Waals surface area contributed by atoms with Gasteiger partial charge in [-0.3, -0.25) is 18.9 Å². The number of carbonyl (C=O) groups excluding carboxylic acids is 1. The highest BCUT2D eigenvalue weighted by Gasteiger charge is 2.56. The zero-order chi connectivity index (χ0) is 41.8. The van der Waals surface area contributed by atoms with Crippen molar-refractivity contribution in [3.05, 3.63) is 71.0 Å². The molecule has 314 valence electrons. The van der Waals surface area contributed by atoms with Gasteiger partial charge in [-0.2, -0.15) is 28.2 Å². The summed E-state index contributed by atoms with van der Waals surface area (Å²) in [5.41, 5.74) is 1.09. The van der Waals surface area contributed by atoms with Crippen molar-refractivity contribution >= 4 is 58.3 Å². The number of aliphatic hydroxyl groups excluding tert-OH is 1. The first-order valence-electron chi connectivity index (χ1n) is 17.8. The van der Waals surface area contributed by atoms with Gasteiger partial charge in [-0.25, -0.2) is 18.0 Å². The molecule has 0 spiro atoms. The number of hydrazine groups is 1. The molecule has 6 N–H and O–H groups in total. The average molecular weight is 875 g/mol. The maximum Gasteiger partial charge on any atom is 0.459 e. The van der Waals surface area contributed by atoms with Crippen molar-refractivity contribution in [3.63, 3.8) is 0 Å². The van der Waals surface area contributed by atoms with Crippen molar-refractivity contribution in [1.29, 1.82) is 0 Å². The monoisotopic (exact) mass is 874 g/mol. The summed E-state index contributed by atoms with van der Waals surface area (Å²) >= 11 is 6.02. The number of nitrogens with one attached hydrogen (secondary N) is 2. The Kier molecular flexibility index (Phi) is 11.2. The SMILES string of the molecule is C[C@]1(O)C(n2cnc3c(N(NS(C)(=O)=O)C4CC4)nc(N)nc32)OC(COP(=O)(NC2(C(=O)OCc3ccccc3C(F)(F)F)CCC2)Oc2ccc(Cl)cc2)[C@H]1O. The van der Waals surface area contributed by atoms with Gasteiger partial charge in [0, 0.05) is 16.6 Å². The van der Waals surface area contributed by atoms with E-state index >= 15 is 0 Å². The number of aliphatic hydroxyl groups is 2. The van der Waals surface area contributed by atoms with Crippen LogP contribution < -0.4 is 25.2 Å². The quantitative estimate of drug-likeness (QED) is 0.0645. The third kappa shape index (κ3) is 8.75. The van der Waals surface area contributed by atoms with Crippen molar-refractivity contribution in [2.75, 3.05) is 23.6 Å². The molecule has 1 aliphatic heterocycles. The fourth-order valence-electron chi connectivity index (χ4n) is 6.68. The number of sulfonamides is 1. The van der Waals surface area contributed by atoms with Crippen molar-refractivity contribution in [1.82, 2.24) is 29.4 Å². The summed E-state index contributed by atoms with van der Waals surface area (Å²) in [6, 6.07) is 10.0. The Hall–Kier alpha value is -4.12. The summed E-state index contributed by atoms with van der Waals surface area (Å²) in [7, 11) is -8.43. The lowest BCUT2D eigenvalue weighted by molar-refractivity contribution is -0.157. The van der Waals surface area contributed by atoms with E-state index in [0.717, 1.165) is 12.3 Å². The van der Waals surface area contributed by atoms with Gasteiger partial charge in [0.15, 0.2) is 23.2 Å². The van der Waals surface area contributed by atoms with Crippen LogP contribution in [0.5, 0.6) is 5.75 Å². The van der Waals surface area contributed by atoms with E-state index in [1.807, 2.05) is 0 Å². The third-order valence-corrected chi connectivity index (χ3v) is 12.3. The lowest BCUT2D eigenvalue weighted by atomic mass is 9.78. The van der Waals surface area contributed by atoms with E-state index in [1.54, 1.807) is 0 Å². The first-order chi connectivity index (χ1) is 27.2. The molecule has 18 nitrogen and oxygen atoms in total. The predicted octanol–water partition coefficient (Wildman–Crippen LogP) is 3.98. The van der Waals surface area contributed by atoms with E-state index in [2.05, 4.69) is 24.9 Å². The minimum absolute atomic E-state index is 0.0106. The van der Waals surface area contributed by atoms with Crippen LogP contribution >= 0.6 is 19.3 Å². The minimum Gasteiger partial charge on any atom is -0.459 e. The Labute approximate surface area is 334 Å². The summed E-state index contributed by atoms with van der Waals surface area (Å²) < 4.78 is 104. The number of anilines is 2. The number of ether oxygens (including phenoxy) is 2. The smallest absolute Gasteiger partial charge is 0.459 e. The van der Waals surface area contributed by atoms with Crippen LogP contribution in [-0.4, -0.2) is 86.4 Å². The number of nitrogen functional groups attached to an aromatic ring is 1. The molecule has 24 heteroatoms. The highest BCUT2D eigenvalue weighted by molar-refractivity contribution is 7.88. The lowest BCUT2D eigenvalue weighted by Gasteiger charge is -2.41. The molecular formula is C34H39ClF3N8O10PS. The number of carbonyl (C=O) groups is 1. The van der Waals surface area contributed by atoms with Gasteiger partial charge in [0.05, 0.1) is 24.8 Å². The molecule has 0 bridgehead atoms. The fraction of sp³-hybridized carbons (Fsp3) is 0.471. The number of benzene rings is 2. The molecule has 0 amide bonds. The standard InChI is InChI=1S/C34H39ClF3N8O10PS/c1-32(49)26(47)24(55-29(32)45-18-40-25-27(45)41-31(39)42-28(25)46(21-10-11-21)44-58(2,51)52)17-54-57(50,56-22-12-8-20(35)9-13-22)43-33(14-5-15-33)30(48)53-16-19-6-3-4-7-23(19)34(36,37)38/h3-4,6-9,12-13,18,21,24,26,29,44,47,49H,5,10-11,14-17H2,1-2H3,(H,43,50)(H2,39,41,42)/t24?,26-,29?,32-,57?/m1/s1. The Morgan fingerprint density at radius 2 is 1.86 bits per heavy atom. The van der Waals surface area contributed by atoms with Gasteiger partial charge >= 0.3 is 19.9 Å². The molecule has 2 aromatic carbocycles. The third-order valence-electron chi connectivity index (χ3n) is 9.91. The summed E-state index contributed by atoms with van der Waals surface area (Å²) in [6.45, 7) is -0.175. The Bertz CT molecular complexity index is 2350. The van der Waals surface area contributed by atoms with Crippen LogP contribution in [0.2, 0.25) is 5.02 Å². The maximum absolute atomic E-state index is 14.6. The van der Waals surface area contributed by atoms with E-state index < -0.39 is 78.3 Å². The second-order valence-corrected chi connectivity index (χ2v) is 18.3. The van der Waals surface area contributed by atoms with Gasteiger partial charge in [0.25, 0.3) is 0 Å². The van der Waals surface area contributed by atoms with E-state index in [1.165, 1.54) is 65.3 Å². The van der Waals surface area contributed by atoms with Crippen molar-refractivity contribution in [2.24, 2.45) is 0 Å². The van der Waals surface area contributed by atoms with Crippen LogP contribution in [0.4, 0.5) is 24.9 Å². The van der Waals surface area contributed by atoms with Crippen molar-refractivity contribution in [3.8, 4) is 5.75 Å². The van der Waals surface area contributed by atoms with Crippen LogP contribution in [0.15, 0.2) is 54.9 Å². The number of fused-ring (bicyclic) bond motifs is 1. The molecule has 2 aromatic heterocycles. The topological polar surface area (TPSA) is 243 Å². The molecule has 2 aliphatic carbocycles. The van der Waals surface area contributed by atoms with Crippen LogP contribution in [-0.2, 0) is 46.2 Å². The highest BCUT2D eigenvalue weighted by Crippen LogP contribution is 2.52. The molecule has 3 fully saturated rings. The molecule has 1 saturated heterocycles. The van der Waals surface area contributed by atoms with Gasteiger partial charge in [-0.05, 0) is 69.4 Å². The largest absolute Gasteiger partial charge is 0.459 e. The Morgan fingerprint density at radius 1 is 1.17 bits per heavy atom. The zero-order valence-electron chi connectivity index (χ0n) is 30.8. The maximum atomic E-state index is 14.6. The number of imidazole rings is 1. The number of nitrogens with two attached hydrogens (primary N) is 1. The molecular weight excluding hydrogens is 836 g/mol. The average Bonchev–Trinajstić information content (AvgIpc) is 3.85. The number of esters is 1. The normalized spacial score (nSPS) is 24.2. The van der Waals surface area contributed by atoms with Gasteiger partial charge in [0.2, 0.25) is 16.0 Å². The Balaban J connectivity index is 1.13. The first-order valence-corrected chi connectivity index (χ1v) is 21.6. The summed E-state index contributed by atoms with van der Waals surface area (Å²) in [4.78, 5) is 28.8. The molecule has 4 aromatic rings. The number of hydrogen-bond donors (Lipinski definition) is 5. The number of nitrogens with zero attached hydrogens (tertiary/aromatic N) is 5. The van der Waals surface area contributed by atoms with Crippen LogP contribution in [0.3, 0.4) is 0 Å². The van der Waals surface area contributed by atoms with E-state index in [-0.39, 0.29) is 53.1 Å². The van der Waals surface area contributed by atoms with Gasteiger partial charge in [-0.1, -0.05) is 29.8 Å². The van der Waals surface area contributed by atoms with Gasteiger partial charge in [-0.15, -0.1) is 4.83 Å². The highest BCUT2D eigenvalue weighted by atomic mass is 35.5. The number of hydrogen-bond acceptors (Lipinski definition) is 15. The van der Waals surface area contributed by atoms with Gasteiger partial charge < -0.3 is 29.9 Å². The van der Waals surface area contributed by atoms with Crippen molar-refractivity contribution < 1.29 is 59.7 Å². The molecule has 3 unspecified atom stereocenters. The Morgan fingerprint density at radius 3 is 2.48 bits per heavy atom.